The van der Waals surface area contributed by atoms with Crippen LogP contribution in [0.1, 0.15) is 68.2 Å². The van der Waals surface area contributed by atoms with E-state index in [9.17, 15) is 4.39 Å². The number of rotatable bonds is 5. The second kappa shape index (κ2) is 8.14. The largest absolute Gasteiger partial charge is 0.207 e. The van der Waals surface area contributed by atoms with Gasteiger partial charge in [0.2, 0.25) is 0 Å². The van der Waals surface area contributed by atoms with Crippen molar-refractivity contribution < 1.29 is 4.39 Å². The van der Waals surface area contributed by atoms with Crippen LogP contribution >= 0.6 is 0 Å². The first-order chi connectivity index (χ1) is 11.1. The predicted molar refractivity (Wildman–Crippen MR) is 106 cm³/mol. The molecule has 0 amide bonds. The van der Waals surface area contributed by atoms with Gasteiger partial charge in [-0.05, 0) is 68.9 Å². The van der Waals surface area contributed by atoms with E-state index in [-0.39, 0.29) is 22.6 Å². The van der Waals surface area contributed by atoms with E-state index in [0.717, 1.165) is 17.6 Å². The fourth-order valence-electron chi connectivity index (χ4n) is 3.62. The van der Waals surface area contributed by atoms with Crippen LogP contribution in [0.4, 0.5) is 4.39 Å². The van der Waals surface area contributed by atoms with Crippen molar-refractivity contribution in [2.24, 2.45) is 16.7 Å². The molecule has 24 heavy (non-hydrogen) atoms. The average Bonchev–Trinajstić information content (AvgIpc) is 2.46. The predicted octanol–water partition coefficient (Wildman–Crippen LogP) is 7.72. The van der Waals surface area contributed by atoms with Gasteiger partial charge >= 0.3 is 0 Å². The molecule has 0 spiro atoms. The summed E-state index contributed by atoms with van der Waals surface area (Å²) in [5.74, 6) is 0.157. The van der Waals surface area contributed by atoms with E-state index in [1.807, 2.05) is 26.0 Å². The van der Waals surface area contributed by atoms with Gasteiger partial charge in [0.15, 0.2) is 0 Å². The quantitative estimate of drug-likeness (QED) is 0.357. The first-order valence-electron chi connectivity index (χ1n) is 9.04. The van der Waals surface area contributed by atoms with E-state index in [1.54, 1.807) is 6.08 Å². The average molecular weight is 331 g/mol. The molecule has 0 N–H and O–H groups in total. The molecule has 1 aliphatic rings. The van der Waals surface area contributed by atoms with E-state index < -0.39 is 0 Å². The van der Waals surface area contributed by atoms with Crippen molar-refractivity contribution in [2.45, 2.75) is 68.2 Å². The minimum absolute atomic E-state index is 0.0306. The second-order valence-corrected chi connectivity index (χ2v) is 8.37. The molecule has 0 heterocycles. The lowest BCUT2D eigenvalue weighted by Gasteiger charge is -2.48. The van der Waals surface area contributed by atoms with Crippen molar-refractivity contribution >= 4 is 0 Å². The van der Waals surface area contributed by atoms with Crippen molar-refractivity contribution in [3.05, 3.63) is 59.0 Å². The molecular weight excluding hydrogens is 295 g/mol. The Balaban J connectivity index is 3.40. The molecule has 1 rings (SSSR count). The molecule has 2 unspecified atom stereocenters. The Kier molecular flexibility index (Phi) is 7.01. The molecule has 0 aromatic carbocycles. The maximum atomic E-state index is 14.9. The van der Waals surface area contributed by atoms with E-state index in [0.29, 0.717) is 6.42 Å². The molecule has 1 heteroatoms. The van der Waals surface area contributed by atoms with Gasteiger partial charge in [-0.25, -0.2) is 4.39 Å². The Hall–Kier alpha value is -1.37. The summed E-state index contributed by atoms with van der Waals surface area (Å²) in [7, 11) is 0. The molecular formula is C23H35F. The highest BCUT2D eigenvalue weighted by Gasteiger charge is 2.45. The monoisotopic (exact) mass is 330 g/mol. The van der Waals surface area contributed by atoms with Crippen LogP contribution in [0.15, 0.2) is 59.0 Å². The molecule has 134 valence electrons. The molecule has 0 radical (unpaired) electrons. The van der Waals surface area contributed by atoms with Gasteiger partial charge in [0.05, 0.1) is 0 Å². The summed E-state index contributed by atoms with van der Waals surface area (Å²) in [5.41, 5.74) is 3.25. The van der Waals surface area contributed by atoms with E-state index in [4.69, 9.17) is 0 Å². The smallest absolute Gasteiger partial charge is 0.123 e. The van der Waals surface area contributed by atoms with Gasteiger partial charge in [-0.1, -0.05) is 69.2 Å². The summed E-state index contributed by atoms with van der Waals surface area (Å²) in [5, 5.41) is 0. The lowest BCUT2D eigenvalue weighted by atomic mass is 9.56. The normalized spacial score (nSPS) is 23.1. The van der Waals surface area contributed by atoms with Crippen molar-refractivity contribution in [3.63, 3.8) is 0 Å². The van der Waals surface area contributed by atoms with Crippen molar-refractivity contribution in [1.29, 1.82) is 0 Å². The van der Waals surface area contributed by atoms with Gasteiger partial charge in [-0.3, -0.25) is 0 Å². The highest BCUT2D eigenvalue weighted by molar-refractivity contribution is 5.37. The van der Waals surface area contributed by atoms with Gasteiger partial charge < -0.3 is 0 Å². The van der Waals surface area contributed by atoms with E-state index >= 15 is 0 Å². The molecule has 0 saturated heterocycles. The minimum Gasteiger partial charge on any atom is -0.207 e. The van der Waals surface area contributed by atoms with Crippen molar-refractivity contribution in [2.75, 3.05) is 0 Å². The minimum atomic E-state index is -0.0924. The molecule has 1 aliphatic carbocycles. The summed E-state index contributed by atoms with van der Waals surface area (Å²) < 4.78 is 14.9. The SMILES string of the molecule is CC=CC(C)(C1CC(C)=CC(F)=C1C/C(C)=C\C=C/C)C(C)(C)C. The van der Waals surface area contributed by atoms with Crippen LogP contribution in [0.25, 0.3) is 0 Å². The second-order valence-electron chi connectivity index (χ2n) is 8.37. The number of halogens is 1. The van der Waals surface area contributed by atoms with Gasteiger partial charge in [0.1, 0.15) is 5.83 Å². The van der Waals surface area contributed by atoms with E-state index in [2.05, 4.69) is 59.8 Å². The standard InChI is InChI=1S/C23H35F/c1-9-11-12-17(3)14-19-20(15-18(4)16-21(19)24)23(8,13-10-2)22(5,6)7/h9-13,16,20H,14-15H2,1-8H3/b11-9-,13-10?,17-12-. The fourth-order valence-corrected chi connectivity index (χ4v) is 3.62. The zero-order valence-electron chi connectivity index (χ0n) is 16.8. The van der Waals surface area contributed by atoms with Crippen LogP contribution in [0.5, 0.6) is 0 Å². The Labute approximate surface area is 148 Å². The molecule has 0 fully saturated rings. The number of allylic oxidation sites excluding steroid dienone is 10. The first kappa shape index (κ1) is 20.7. The molecule has 0 aromatic heterocycles. The Bertz CT molecular complexity index is 590. The molecule has 2 atom stereocenters. The van der Waals surface area contributed by atoms with Crippen LogP contribution < -0.4 is 0 Å². The maximum Gasteiger partial charge on any atom is 0.123 e. The van der Waals surface area contributed by atoms with Crippen LogP contribution in [0.3, 0.4) is 0 Å². The summed E-state index contributed by atoms with van der Waals surface area (Å²) in [6.07, 6.45) is 13.9. The van der Waals surface area contributed by atoms with Crippen molar-refractivity contribution in [1.82, 2.24) is 0 Å². The van der Waals surface area contributed by atoms with Crippen LogP contribution in [0, 0.1) is 16.7 Å². The first-order valence-corrected chi connectivity index (χ1v) is 9.04. The molecule has 0 saturated carbocycles. The third-order valence-electron chi connectivity index (χ3n) is 5.52. The van der Waals surface area contributed by atoms with Crippen LogP contribution in [-0.4, -0.2) is 0 Å². The zero-order valence-corrected chi connectivity index (χ0v) is 16.8. The van der Waals surface area contributed by atoms with Gasteiger partial charge in [-0.15, -0.1) is 0 Å². The lowest BCUT2D eigenvalue weighted by Crippen LogP contribution is -2.40. The van der Waals surface area contributed by atoms with Crippen LogP contribution in [-0.2, 0) is 0 Å². The highest BCUT2D eigenvalue weighted by atomic mass is 19.1. The van der Waals surface area contributed by atoms with E-state index in [1.165, 1.54) is 5.57 Å². The number of hydrogen-bond donors (Lipinski definition) is 0. The molecule has 0 aromatic rings. The summed E-state index contributed by atoms with van der Waals surface area (Å²) >= 11 is 0. The highest BCUT2D eigenvalue weighted by Crippen LogP contribution is 2.53. The number of hydrogen-bond acceptors (Lipinski definition) is 0. The van der Waals surface area contributed by atoms with Gasteiger partial charge in [0.25, 0.3) is 0 Å². The van der Waals surface area contributed by atoms with Crippen molar-refractivity contribution in [3.8, 4) is 0 Å². The Morgan fingerprint density at radius 1 is 1.21 bits per heavy atom. The third-order valence-corrected chi connectivity index (χ3v) is 5.52. The molecule has 0 nitrogen and oxygen atoms in total. The zero-order chi connectivity index (χ0) is 18.5. The molecule has 0 bridgehead atoms. The summed E-state index contributed by atoms with van der Waals surface area (Å²) in [6.45, 7) is 17.3. The van der Waals surface area contributed by atoms with Crippen LogP contribution in [0.2, 0.25) is 0 Å². The third kappa shape index (κ3) is 4.59. The Morgan fingerprint density at radius 3 is 2.33 bits per heavy atom. The Morgan fingerprint density at radius 2 is 1.83 bits per heavy atom. The lowest BCUT2D eigenvalue weighted by molar-refractivity contribution is 0.103. The maximum absolute atomic E-state index is 14.9. The van der Waals surface area contributed by atoms with Gasteiger partial charge in [0, 0.05) is 0 Å². The summed E-state index contributed by atoms with van der Waals surface area (Å²) in [6, 6.07) is 0. The molecule has 0 aliphatic heterocycles. The topological polar surface area (TPSA) is 0 Å². The fraction of sp³-hybridized carbons (Fsp3) is 0.565. The summed E-state index contributed by atoms with van der Waals surface area (Å²) in [4.78, 5) is 0. The van der Waals surface area contributed by atoms with Gasteiger partial charge in [-0.2, -0.15) is 0 Å².